The molecule has 0 saturated carbocycles. The van der Waals surface area contributed by atoms with E-state index in [1.54, 1.807) is 7.05 Å². The van der Waals surface area contributed by atoms with E-state index in [4.69, 9.17) is 11.6 Å². The molecule has 2 N–H and O–H groups in total. The summed E-state index contributed by atoms with van der Waals surface area (Å²) < 4.78 is 1.49. The molecule has 0 aliphatic carbocycles. The van der Waals surface area contributed by atoms with Gasteiger partial charge in [-0.1, -0.05) is 25.4 Å². The number of rotatable bonds is 6. The van der Waals surface area contributed by atoms with Gasteiger partial charge in [-0.05, 0) is 48.0 Å². The van der Waals surface area contributed by atoms with Crippen molar-refractivity contribution in [2.24, 2.45) is 13.0 Å². The molecule has 0 spiro atoms. The summed E-state index contributed by atoms with van der Waals surface area (Å²) in [6.45, 7) is 6.01. The van der Waals surface area contributed by atoms with E-state index in [1.807, 2.05) is 18.2 Å². The molecule has 0 atom stereocenters. The second-order valence-electron chi connectivity index (χ2n) is 5.25. The summed E-state index contributed by atoms with van der Waals surface area (Å²) in [5.74, 6) is 0.590. The molecule has 7 heteroatoms. The van der Waals surface area contributed by atoms with Crippen LogP contribution in [0.2, 0.25) is 5.02 Å². The minimum atomic E-state index is -0.217. The molecule has 0 fully saturated rings. The number of aromatic amines is 1. The number of hydrogen-bond acceptors (Lipinski definition) is 4. The molecule has 0 unspecified atom stereocenters. The quantitative estimate of drug-likeness (QED) is 0.856. The lowest BCUT2D eigenvalue weighted by molar-refractivity contribution is 0.550. The van der Waals surface area contributed by atoms with Crippen molar-refractivity contribution in [3.8, 4) is 0 Å². The van der Waals surface area contributed by atoms with E-state index in [9.17, 15) is 4.79 Å². The van der Waals surface area contributed by atoms with Crippen LogP contribution in [0.3, 0.4) is 0 Å². The highest BCUT2D eigenvalue weighted by molar-refractivity contribution is 7.99. The van der Waals surface area contributed by atoms with Crippen molar-refractivity contribution in [1.29, 1.82) is 0 Å². The average Bonchev–Trinajstić information content (AvgIpc) is 2.73. The molecule has 1 aromatic heterocycles. The summed E-state index contributed by atoms with van der Waals surface area (Å²) in [6, 6.07) is 5.75. The highest BCUT2D eigenvalue weighted by atomic mass is 35.5. The Kier molecular flexibility index (Phi) is 5.50. The van der Waals surface area contributed by atoms with Crippen molar-refractivity contribution in [3.05, 3.63) is 39.3 Å². The Morgan fingerprint density at radius 3 is 2.86 bits per heavy atom. The summed E-state index contributed by atoms with van der Waals surface area (Å²) in [5.41, 5.74) is 0.884. The van der Waals surface area contributed by atoms with Gasteiger partial charge in [0.1, 0.15) is 0 Å². The molecule has 0 radical (unpaired) electrons. The maximum absolute atomic E-state index is 11.4. The van der Waals surface area contributed by atoms with Gasteiger partial charge in [-0.15, -0.1) is 5.10 Å². The van der Waals surface area contributed by atoms with E-state index in [0.717, 1.165) is 23.5 Å². The van der Waals surface area contributed by atoms with Crippen LogP contribution >= 0.6 is 23.4 Å². The fourth-order valence-corrected chi connectivity index (χ4v) is 2.90. The molecule has 114 valence electrons. The highest BCUT2D eigenvalue weighted by Crippen LogP contribution is 2.30. The standard InChI is InChI=1S/C14H19ClN4OS/c1-9(2)7-16-8-10-6-11(15)4-5-12(10)21-14-18-17-13(20)19(14)3/h4-6,9,16H,7-8H2,1-3H3,(H,17,20). The smallest absolute Gasteiger partial charge is 0.312 e. The Morgan fingerprint density at radius 2 is 2.24 bits per heavy atom. The zero-order chi connectivity index (χ0) is 15.4. The summed E-state index contributed by atoms with van der Waals surface area (Å²) in [6.07, 6.45) is 0. The van der Waals surface area contributed by atoms with Crippen LogP contribution in [0.4, 0.5) is 0 Å². The Labute approximate surface area is 133 Å². The molecule has 21 heavy (non-hydrogen) atoms. The largest absolute Gasteiger partial charge is 0.343 e. The second-order valence-corrected chi connectivity index (χ2v) is 6.69. The van der Waals surface area contributed by atoms with Crippen LogP contribution in [0.1, 0.15) is 19.4 Å². The zero-order valence-corrected chi connectivity index (χ0v) is 13.9. The van der Waals surface area contributed by atoms with Crippen molar-refractivity contribution in [1.82, 2.24) is 20.1 Å². The number of nitrogens with one attached hydrogen (secondary N) is 2. The lowest BCUT2D eigenvalue weighted by Gasteiger charge is -2.11. The predicted octanol–water partition coefficient (Wildman–Crippen LogP) is 2.66. The van der Waals surface area contributed by atoms with Gasteiger partial charge in [0.2, 0.25) is 0 Å². The monoisotopic (exact) mass is 326 g/mol. The SMILES string of the molecule is CC(C)CNCc1cc(Cl)ccc1Sc1n[nH]c(=O)n1C. The van der Waals surface area contributed by atoms with Crippen molar-refractivity contribution >= 4 is 23.4 Å². The molecule has 0 amide bonds. The topological polar surface area (TPSA) is 62.7 Å². The zero-order valence-electron chi connectivity index (χ0n) is 12.3. The van der Waals surface area contributed by atoms with Gasteiger partial charge in [0.25, 0.3) is 0 Å². The van der Waals surface area contributed by atoms with Gasteiger partial charge in [-0.2, -0.15) is 0 Å². The van der Waals surface area contributed by atoms with Crippen LogP contribution in [0, 0.1) is 5.92 Å². The molecule has 0 bridgehead atoms. The van der Waals surface area contributed by atoms with Crippen LogP contribution in [0.5, 0.6) is 0 Å². The third-order valence-corrected chi connectivity index (χ3v) is 4.33. The van der Waals surface area contributed by atoms with Gasteiger partial charge in [-0.25, -0.2) is 9.89 Å². The fourth-order valence-electron chi connectivity index (χ4n) is 1.80. The summed E-state index contributed by atoms with van der Waals surface area (Å²) in [7, 11) is 1.70. The van der Waals surface area contributed by atoms with Gasteiger partial charge in [0.15, 0.2) is 5.16 Å². The van der Waals surface area contributed by atoms with Gasteiger partial charge in [0.05, 0.1) is 0 Å². The first kappa shape index (κ1) is 16.1. The number of aromatic nitrogens is 3. The Bertz CT molecular complexity index is 665. The Hall–Kier alpha value is -1.24. The molecule has 5 nitrogen and oxygen atoms in total. The first-order valence-corrected chi connectivity index (χ1v) is 7.95. The maximum Gasteiger partial charge on any atom is 0.343 e. The number of benzene rings is 1. The van der Waals surface area contributed by atoms with Gasteiger partial charge >= 0.3 is 5.69 Å². The molecular formula is C14H19ClN4OS. The van der Waals surface area contributed by atoms with Gasteiger partial charge in [0, 0.05) is 23.5 Å². The number of nitrogens with zero attached hydrogens (tertiary/aromatic N) is 2. The van der Waals surface area contributed by atoms with Crippen LogP contribution in [0.15, 0.2) is 33.0 Å². The van der Waals surface area contributed by atoms with Crippen LogP contribution in [-0.2, 0) is 13.6 Å². The first-order valence-electron chi connectivity index (χ1n) is 6.75. The summed E-state index contributed by atoms with van der Waals surface area (Å²) in [4.78, 5) is 12.5. The van der Waals surface area contributed by atoms with Crippen LogP contribution < -0.4 is 11.0 Å². The minimum absolute atomic E-state index is 0.217. The summed E-state index contributed by atoms with van der Waals surface area (Å²) in [5, 5.41) is 11.2. The fraction of sp³-hybridized carbons (Fsp3) is 0.429. The number of halogens is 1. The lowest BCUT2D eigenvalue weighted by atomic mass is 10.2. The van der Waals surface area contributed by atoms with Crippen molar-refractivity contribution in [2.75, 3.05) is 6.54 Å². The average molecular weight is 327 g/mol. The molecule has 2 aromatic rings. The molecule has 1 aromatic carbocycles. The molecule has 0 aliphatic rings. The molecule has 2 rings (SSSR count). The van der Waals surface area contributed by atoms with E-state index in [2.05, 4.69) is 29.4 Å². The molecule has 0 saturated heterocycles. The first-order chi connectivity index (χ1) is 9.97. The van der Waals surface area contributed by atoms with Crippen LogP contribution in [-0.4, -0.2) is 21.3 Å². The second kappa shape index (κ2) is 7.15. The number of H-pyrrole nitrogens is 1. The van der Waals surface area contributed by atoms with Crippen molar-refractivity contribution in [3.63, 3.8) is 0 Å². The maximum atomic E-state index is 11.4. The normalized spacial score (nSPS) is 11.3. The minimum Gasteiger partial charge on any atom is -0.312 e. The summed E-state index contributed by atoms with van der Waals surface area (Å²) >= 11 is 7.53. The molecule has 1 heterocycles. The van der Waals surface area contributed by atoms with E-state index < -0.39 is 0 Å². The molecular weight excluding hydrogens is 308 g/mol. The van der Waals surface area contributed by atoms with Gasteiger partial charge in [-0.3, -0.25) is 4.57 Å². The Morgan fingerprint density at radius 1 is 1.48 bits per heavy atom. The number of hydrogen-bond donors (Lipinski definition) is 2. The van der Waals surface area contributed by atoms with E-state index in [1.165, 1.54) is 16.3 Å². The van der Waals surface area contributed by atoms with E-state index in [0.29, 0.717) is 16.1 Å². The van der Waals surface area contributed by atoms with Crippen molar-refractivity contribution in [2.45, 2.75) is 30.4 Å². The van der Waals surface area contributed by atoms with Crippen molar-refractivity contribution < 1.29 is 0 Å². The molecule has 0 aliphatic heterocycles. The van der Waals surface area contributed by atoms with E-state index in [-0.39, 0.29) is 5.69 Å². The lowest BCUT2D eigenvalue weighted by Crippen LogP contribution is -2.19. The third kappa shape index (κ3) is 4.36. The predicted molar refractivity (Wildman–Crippen MR) is 85.9 cm³/mol. The third-order valence-electron chi connectivity index (χ3n) is 2.93. The highest BCUT2D eigenvalue weighted by Gasteiger charge is 2.10. The Balaban J connectivity index is 2.18. The van der Waals surface area contributed by atoms with Crippen LogP contribution in [0.25, 0.3) is 0 Å². The van der Waals surface area contributed by atoms with Gasteiger partial charge < -0.3 is 5.32 Å². The van der Waals surface area contributed by atoms with E-state index >= 15 is 0 Å².